The number of ether oxygens (including phenoxy) is 1. The largest absolute Gasteiger partial charge is 0.481 e. The van der Waals surface area contributed by atoms with Crippen molar-refractivity contribution in [1.82, 2.24) is 48.8 Å². The third-order valence-corrected chi connectivity index (χ3v) is 11.0. The van der Waals surface area contributed by atoms with Crippen molar-refractivity contribution in [3.63, 3.8) is 0 Å². The maximum absolute atomic E-state index is 12.8. The number of carbonyl (C=O) groups is 2. The summed E-state index contributed by atoms with van der Waals surface area (Å²) in [7, 11) is -5.94. The molecule has 0 aliphatic rings. The van der Waals surface area contributed by atoms with Gasteiger partial charge in [0, 0.05) is 52.1 Å². The van der Waals surface area contributed by atoms with Gasteiger partial charge in [-0.2, -0.15) is 0 Å². The number of carboxylic acid groups (broad SMARTS) is 1. The highest BCUT2D eigenvalue weighted by Gasteiger charge is 2.25. The van der Waals surface area contributed by atoms with E-state index in [1.54, 1.807) is 34.2 Å². The highest BCUT2D eigenvalue weighted by atomic mass is 31.2. The first kappa shape index (κ1) is 45.3. The molecule has 0 unspecified atom stereocenters. The van der Waals surface area contributed by atoms with Gasteiger partial charge >= 0.3 is 27.1 Å². The lowest BCUT2D eigenvalue weighted by molar-refractivity contribution is -0.141. The normalized spacial score (nSPS) is 12.1. The van der Waals surface area contributed by atoms with E-state index in [2.05, 4.69) is 34.8 Å². The summed E-state index contributed by atoms with van der Waals surface area (Å²) in [4.78, 5) is 88.7. The zero-order valence-electron chi connectivity index (χ0n) is 31.1. The molecular formula is C31H50N10O12P2. The smallest absolute Gasteiger partial charge is 0.331 e. The molecule has 0 aromatic carbocycles. The van der Waals surface area contributed by atoms with Crippen LogP contribution in [0.25, 0.3) is 22.3 Å². The van der Waals surface area contributed by atoms with Gasteiger partial charge in [-0.25, -0.2) is 19.9 Å². The van der Waals surface area contributed by atoms with Gasteiger partial charge in [0.1, 0.15) is 0 Å². The summed E-state index contributed by atoms with van der Waals surface area (Å²) in [6, 6.07) is 0. The van der Waals surface area contributed by atoms with Crippen LogP contribution in [0.15, 0.2) is 34.9 Å². The fraction of sp³-hybridized carbons (Fsp3) is 0.613. The molecular weight excluding hydrogens is 766 g/mol. The molecule has 306 valence electrons. The maximum atomic E-state index is 12.8. The van der Waals surface area contributed by atoms with Crippen molar-refractivity contribution in [3.8, 4) is 0 Å². The minimum Gasteiger partial charge on any atom is -0.481 e. The van der Waals surface area contributed by atoms with Crippen LogP contribution in [-0.4, -0.2) is 148 Å². The second-order valence-corrected chi connectivity index (χ2v) is 16.1. The van der Waals surface area contributed by atoms with E-state index in [0.29, 0.717) is 89.6 Å². The highest BCUT2D eigenvalue weighted by Crippen LogP contribution is 2.47. The summed E-state index contributed by atoms with van der Waals surface area (Å²) in [5, 5.41) is 8.71. The van der Waals surface area contributed by atoms with Gasteiger partial charge in [-0.15, -0.1) is 0 Å². The van der Waals surface area contributed by atoms with Crippen molar-refractivity contribution in [3.05, 3.63) is 46.0 Å². The zero-order valence-corrected chi connectivity index (χ0v) is 32.9. The number of H-pyrrole nitrogens is 2. The molecule has 4 aromatic heterocycles. The van der Waals surface area contributed by atoms with Gasteiger partial charge in [0.2, 0.25) is 0 Å². The van der Waals surface area contributed by atoms with E-state index in [1.165, 1.54) is 26.1 Å². The number of esters is 1. The van der Waals surface area contributed by atoms with Crippen molar-refractivity contribution in [2.24, 2.45) is 0 Å². The quantitative estimate of drug-likeness (QED) is 0.0489. The predicted octanol–water partition coefficient (Wildman–Crippen LogP) is 1.11. The number of rotatable bonds is 24. The lowest BCUT2D eigenvalue weighted by Crippen LogP contribution is -2.32. The van der Waals surface area contributed by atoms with Crippen LogP contribution in [0.3, 0.4) is 0 Å². The van der Waals surface area contributed by atoms with Crippen molar-refractivity contribution >= 4 is 49.5 Å². The van der Waals surface area contributed by atoms with E-state index in [1.807, 2.05) is 0 Å². The molecule has 5 N–H and O–H groups in total. The monoisotopic (exact) mass is 816 g/mol. The fourth-order valence-electron chi connectivity index (χ4n) is 5.38. The average Bonchev–Trinajstić information content (AvgIpc) is 3.75. The Morgan fingerprint density at radius 3 is 1.65 bits per heavy atom. The molecule has 0 fully saturated rings. The number of carbonyl (C=O) groups excluding carboxylic acids is 1. The van der Waals surface area contributed by atoms with Crippen molar-refractivity contribution < 1.29 is 47.4 Å². The molecule has 55 heavy (non-hydrogen) atoms. The Bertz CT molecular complexity index is 2020. The van der Waals surface area contributed by atoms with Gasteiger partial charge in [-0.05, 0) is 39.8 Å². The summed E-state index contributed by atoms with van der Waals surface area (Å²) in [5.41, 5.74) is 0.792. The Morgan fingerprint density at radius 2 is 1.22 bits per heavy atom. The summed E-state index contributed by atoms with van der Waals surface area (Å²) < 4.78 is 42.8. The first-order valence-electron chi connectivity index (χ1n) is 17.6. The molecule has 4 heterocycles. The second kappa shape index (κ2) is 22.4. The Hall–Kier alpha value is -4.14. The van der Waals surface area contributed by atoms with Crippen LogP contribution in [0.2, 0.25) is 0 Å². The van der Waals surface area contributed by atoms with E-state index < -0.39 is 21.2 Å². The van der Waals surface area contributed by atoms with Crippen LogP contribution in [0.1, 0.15) is 39.5 Å². The lowest BCUT2D eigenvalue weighted by atomic mass is 10.3. The van der Waals surface area contributed by atoms with Crippen molar-refractivity contribution in [1.29, 1.82) is 0 Å². The van der Waals surface area contributed by atoms with E-state index in [0.717, 1.165) is 0 Å². The predicted molar refractivity (Wildman–Crippen MR) is 200 cm³/mol. The van der Waals surface area contributed by atoms with Gasteiger partial charge in [0.25, 0.3) is 11.1 Å². The SMILES string of the molecule is CCOP(=O)(CCN(CCCC(=O)OC)CCn1cnc2c(=O)[nH]cnc21)OCC.O=C(O)CCCN(CCn1cnc2c(=O)[nH]cnc21)CCP(=O)(O)O. The highest BCUT2D eigenvalue weighted by molar-refractivity contribution is 7.53. The molecule has 22 nitrogen and oxygen atoms in total. The minimum absolute atomic E-state index is 0.0165. The van der Waals surface area contributed by atoms with Crippen LogP contribution in [0, 0.1) is 0 Å². The number of carboxylic acids is 1. The third-order valence-electron chi connectivity index (χ3n) is 8.13. The van der Waals surface area contributed by atoms with Gasteiger partial charge in [-0.3, -0.25) is 28.3 Å². The number of hydrogen-bond donors (Lipinski definition) is 5. The van der Waals surface area contributed by atoms with E-state index in [-0.39, 0.29) is 53.4 Å². The molecule has 24 heteroatoms. The molecule has 0 aliphatic carbocycles. The van der Waals surface area contributed by atoms with Gasteiger partial charge in [-0.1, -0.05) is 0 Å². The zero-order chi connectivity index (χ0) is 40.4. The molecule has 0 aliphatic heterocycles. The maximum Gasteiger partial charge on any atom is 0.331 e. The topological polar surface area (TPSA) is 290 Å². The summed E-state index contributed by atoms with van der Waals surface area (Å²) in [6.07, 6.45) is 6.87. The third kappa shape index (κ3) is 15.5. The van der Waals surface area contributed by atoms with E-state index in [9.17, 15) is 28.3 Å². The summed E-state index contributed by atoms with van der Waals surface area (Å²) in [5.74, 6) is -1.19. The number of aliphatic carboxylic acids is 1. The minimum atomic E-state index is -4.14. The van der Waals surface area contributed by atoms with E-state index >= 15 is 0 Å². The number of hydrogen-bond acceptors (Lipinski definition) is 15. The molecule has 0 saturated heterocycles. The number of methoxy groups -OCH3 is 1. The Balaban J connectivity index is 0.000000300. The summed E-state index contributed by atoms with van der Waals surface area (Å²) >= 11 is 0. The molecule has 0 bridgehead atoms. The first-order valence-corrected chi connectivity index (χ1v) is 21.1. The number of nitrogens with zero attached hydrogens (tertiary/aromatic N) is 8. The molecule has 0 spiro atoms. The van der Waals surface area contributed by atoms with Gasteiger partial charge in [0.05, 0.1) is 58.0 Å². The molecule has 0 atom stereocenters. The fourth-order valence-corrected chi connectivity index (χ4v) is 7.57. The number of aromatic nitrogens is 8. The number of imidazole rings is 2. The molecule has 4 rings (SSSR count). The Morgan fingerprint density at radius 1 is 0.745 bits per heavy atom. The van der Waals surface area contributed by atoms with E-state index in [4.69, 9.17) is 28.7 Å². The second-order valence-electron chi connectivity index (χ2n) is 12.1. The molecule has 0 radical (unpaired) electrons. The van der Waals surface area contributed by atoms with Crippen LogP contribution >= 0.6 is 15.2 Å². The standard InChI is InChI=1S/C18H30N5O6P.C13H20N5O6P/c1-4-28-30(26,29-5-2)12-11-22(8-6-7-15(24)27-3)9-10-23-14-21-16-17(23)19-13-20-18(16)25;19-10(20)2-1-3-17(6-7-25(22,23)24)4-5-18-9-16-11-12(18)14-8-15-13(11)21/h13-14H,4-12H2,1-3H3,(H,19,20,25);8-9H,1-7H2,(H,19,20)(H,14,15,21)(H2,22,23,24). The molecule has 0 amide bonds. The average molecular weight is 817 g/mol. The number of aromatic amines is 2. The molecule has 4 aromatic rings. The Kier molecular flexibility index (Phi) is 18.4. The van der Waals surface area contributed by atoms with Crippen LogP contribution < -0.4 is 11.1 Å². The number of fused-ring (bicyclic) bond motifs is 2. The van der Waals surface area contributed by atoms with Gasteiger partial charge < -0.3 is 57.6 Å². The molecule has 0 saturated carbocycles. The Labute approximate surface area is 315 Å². The lowest BCUT2D eigenvalue weighted by Gasteiger charge is -2.25. The van der Waals surface area contributed by atoms with Gasteiger partial charge in [0.15, 0.2) is 22.3 Å². The number of nitrogens with one attached hydrogen (secondary N) is 2. The van der Waals surface area contributed by atoms with Crippen LogP contribution in [0.4, 0.5) is 0 Å². The van der Waals surface area contributed by atoms with Crippen molar-refractivity contribution in [2.75, 3.05) is 71.9 Å². The van der Waals surface area contributed by atoms with Crippen LogP contribution in [-0.2, 0) is 45.6 Å². The first-order chi connectivity index (χ1) is 26.2. The van der Waals surface area contributed by atoms with Crippen LogP contribution in [0.5, 0.6) is 0 Å². The van der Waals surface area contributed by atoms with Crippen molar-refractivity contribution in [2.45, 2.75) is 52.6 Å². The summed E-state index contributed by atoms with van der Waals surface area (Å²) in [6.45, 7) is 7.71.